The predicted octanol–water partition coefficient (Wildman–Crippen LogP) is 6.15. The molecule has 0 aliphatic carbocycles. The summed E-state index contributed by atoms with van der Waals surface area (Å²) in [5, 5.41) is 3.87. The van der Waals surface area contributed by atoms with Gasteiger partial charge in [0.25, 0.3) is 0 Å². The number of piperidine rings is 1. The summed E-state index contributed by atoms with van der Waals surface area (Å²) >= 11 is 17.0. The molecule has 4 rings (SSSR count). The molecule has 180 valence electrons. The van der Waals surface area contributed by atoms with E-state index in [-0.39, 0.29) is 34.8 Å². The van der Waals surface area contributed by atoms with E-state index in [2.05, 4.69) is 38.4 Å². The first-order valence-electron chi connectivity index (χ1n) is 10.6. The molecule has 11 heteroatoms. The van der Waals surface area contributed by atoms with Crippen molar-refractivity contribution in [2.24, 2.45) is 5.92 Å². The molecule has 1 N–H and O–H groups in total. The minimum absolute atomic E-state index is 0.0131. The Labute approximate surface area is 221 Å². The van der Waals surface area contributed by atoms with Crippen LogP contribution in [0.25, 0.3) is 0 Å². The number of amides is 1. The second kappa shape index (κ2) is 10.6. The Hall–Kier alpha value is -1.49. The Bertz CT molecular complexity index is 1320. The molecule has 1 amide bonds. The first-order chi connectivity index (χ1) is 16.1. The molecule has 0 spiro atoms. The van der Waals surface area contributed by atoms with Crippen molar-refractivity contribution in [3.63, 3.8) is 0 Å². The highest BCUT2D eigenvalue weighted by Gasteiger charge is 2.33. The summed E-state index contributed by atoms with van der Waals surface area (Å²) in [6, 6.07) is 10.6. The van der Waals surface area contributed by atoms with Crippen molar-refractivity contribution in [3.05, 3.63) is 73.1 Å². The molecule has 3 aromatic rings. The maximum absolute atomic E-state index is 13.0. The number of aromatic nitrogens is 1. The monoisotopic (exact) mass is 601 g/mol. The number of hydrogen-bond donors (Lipinski definition) is 1. The summed E-state index contributed by atoms with van der Waals surface area (Å²) in [5.74, 6) is -0.430. The number of carbonyl (C=O) groups excluding carboxylic acids is 1. The van der Waals surface area contributed by atoms with Crippen LogP contribution in [0.15, 0.2) is 52.0 Å². The lowest BCUT2D eigenvalue weighted by Gasteiger charge is -2.30. The summed E-state index contributed by atoms with van der Waals surface area (Å²) < 4.78 is 28.4. The second-order valence-electron chi connectivity index (χ2n) is 8.13. The molecule has 0 atom stereocenters. The molecule has 1 fully saturated rings. The van der Waals surface area contributed by atoms with Crippen LogP contribution in [-0.4, -0.2) is 36.7 Å². The second-order valence-corrected chi connectivity index (χ2v) is 12.9. The Kier molecular flexibility index (Phi) is 8.01. The van der Waals surface area contributed by atoms with E-state index in [9.17, 15) is 13.2 Å². The van der Waals surface area contributed by atoms with Crippen LogP contribution in [0.1, 0.15) is 28.8 Å². The van der Waals surface area contributed by atoms with Crippen molar-refractivity contribution in [1.29, 1.82) is 0 Å². The van der Waals surface area contributed by atoms with E-state index in [1.165, 1.54) is 38.9 Å². The van der Waals surface area contributed by atoms with Crippen molar-refractivity contribution < 1.29 is 13.2 Å². The minimum atomic E-state index is -3.78. The van der Waals surface area contributed by atoms with Crippen LogP contribution >= 0.6 is 50.5 Å². The Balaban J connectivity index is 1.34. The number of halogens is 3. The number of nitrogens with one attached hydrogen (secondary N) is 1. The topological polar surface area (TPSA) is 79.4 Å². The summed E-state index contributed by atoms with van der Waals surface area (Å²) in [4.78, 5) is 18.2. The van der Waals surface area contributed by atoms with Crippen LogP contribution in [0.2, 0.25) is 10.0 Å². The van der Waals surface area contributed by atoms with E-state index in [0.29, 0.717) is 23.0 Å². The van der Waals surface area contributed by atoms with Gasteiger partial charge in [-0.05, 0) is 55.2 Å². The van der Waals surface area contributed by atoms with Crippen molar-refractivity contribution in [2.45, 2.75) is 31.1 Å². The molecule has 1 aliphatic heterocycles. The van der Waals surface area contributed by atoms with Crippen LogP contribution in [0.3, 0.4) is 0 Å². The smallest absolute Gasteiger partial charge is 0.244 e. The fraction of sp³-hybridized carbons (Fsp3) is 0.304. The number of hydrogen-bond acceptors (Lipinski definition) is 5. The highest BCUT2D eigenvalue weighted by atomic mass is 79.9. The van der Waals surface area contributed by atoms with E-state index < -0.39 is 10.0 Å². The van der Waals surface area contributed by atoms with Gasteiger partial charge in [0, 0.05) is 46.0 Å². The summed E-state index contributed by atoms with van der Waals surface area (Å²) in [7, 11) is -3.78. The molecular weight excluding hydrogens is 581 g/mol. The zero-order valence-electron chi connectivity index (χ0n) is 18.2. The molecule has 6 nitrogen and oxygen atoms in total. The molecule has 34 heavy (non-hydrogen) atoms. The fourth-order valence-corrected chi connectivity index (χ4v) is 7.15. The Morgan fingerprint density at radius 2 is 1.94 bits per heavy atom. The van der Waals surface area contributed by atoms with Gasteiger partial charge in [0.1, 0.15) is 4.90 Å². The van der Waals surface area contributed by atoms with E-state index in [1.807, 2.05) is 13.0 Å². The molecule has 0 saturated carbocycles. The number of carbonyl (C=O) groups is 1. The lowest BCUT2D eigenvalue weighted by atomic mass is 9.97. The zero-order valence-corrected chi connectivity index (χ0v) is 23.0. The van der Waals surface area contributed by atoms with E-state index in [0.717, 1.165) is 15.8 Å². The largest absolute Gasteiger partial charge is 0.302 e. The van der Waals surface area contributed by atoms with Crippen molar-refractivity contribution in [2.75, 3.05) is 18.4 Å². The average molecular weight is 603 g/mol. The average Bonchev–Trinajstić information content (AvgIpc) is 3.24. The summed E-state index contributed by atoms with van der Waals surface area (Å²) in [5.41, 5.74) is 2.34. The van der Waals surface area contributed by atoms with Gasteiger partial charge in [0.05, 0.1) is 5.02 Å². The van der Waals surface area contributed by atoms with Gasteiger partial charge in [0.2, 0.25) is 15.9 Å². The lowest BCUT2D eigenvalue weighted by Crippen LogP contribution is -2.41. The lowest BCUT2D eigenvalue weighted by molar-refractivity contribution is -0.120. The number of rotatable bonds is 6. The van der Waals surface area contributed by atoms with Crippen molar-refractivity contribution in [3.8, 4) is 0 Å². The van der Waals surface area contributed by atoms with Gasteiger partial charge >= 0.3 is 0 Å². The zero-order chi connectivity index (χ0) is 24.5. The first-order valence-corrected chi connectivity index (χ1v) is 14.4. The third kappa shape index (κ3) is 5.83. The number of nitrogens with zero attached hydrogens (tertiary/aromatic N) is 2. The highest BCUT2D eigenvalue weighted by Crippen LogP contribution is 2.31. The van der Waals surface area contributed by atoms with Gasteiger partial charge in [-0.15, -0.1) is 11.3 Å². The van der Waals surface area contributed by atoms with Crippen molar-refractivity contribution in [1.82, 2.24) is 9.29 Å². The van der Waals surface area contributed by atoms with Crippen LogP contribution in [0, 0.1) is 12.8 Å². The Morgan fingerprint density at radius 3 is 2.65 bits per heavy atom. The van der Waals surface area contributed by atoms with Crippen LogP contribution < -0.4 is 5.32 Å². The van der Waals surface area contributed by atoms with Crippen LogP contribution in [0.4, 0.5) is 5.13 Å². The molecule has 0 unspecified atom stereocenters. The van der Waals surface area contributed by atoms with E-state index in [4.69, 9.17) is 23.2 Å². The molecule has 2 heterocycles. The number of thiazole rings is 1. The molecule has 1 aliphatic rings. The third-order valence-corrected chi connectivity index (χ3v) is 10.1. The maximum atomic E-state index is 13.0. The first kappa shape index (κ1) is 25.6. The standard InChI is InChI=1S/C23H22BrCl2N3O3S2/c1-14-10-15(2-4-19(14)24)11-18-13-27-23(33-18)28-22(30)16-6-8-29(9-7-16)34(31,32)21-12-17(25)3-5-20(21)26/h2-5,10,12-13,16H,6-9,11H2,1H3,(H,27,28,30). The summed E-state index contributed by atoms with van der Waals surface area (Å²) in [6.07, 6.45) is 3.35. The van der Waals surface area contributed by atoms with Gasteiger partial charge in [-0.1, -0.05) is 51.3 Å². The van der Waals surface area contributed by atoms with Crippen LogP contribution in [0.5, 0.6) is 0 Å². The fourth-order valence-electron chi connectivity index (χ4n) is 3.84. The molecule has 2 aromatic carbocycles. The third-order valence-electron chi connectivity index (χ3n) is 5.72. The number of sulfonamides is 1. The van der Waals surface area contributed by atoms with Gasteiger partial charge < -0.3 is 5.32 Å². The SMILES string of the molecule is Cc1cc(Cc2cnc(NC(=O)C3CCN(S(=O)(=O)c4cc(Cl)ccc4Cl)CC3)s2)ccc1Br. The number of anilines is 1. The molecule has 0 bridgehead atoms. The number of aryl methyl sites for hydroxylation is 1. The minimum Gasteiger partial charge on any atom is -0.302 e. The van der Waals surface area contributed by atoms with Crippen LogP contribution in [-0.2, 0) is 21.2 Å². The normalized spacial score (nSPS) is 15.4. The molecule has 1 saturated heterocycles. The Morgan fingerprint density at radius 1 is 1.21 bits per heavy atom. The summed E-state index contributed by atoms with van der Waals surface area (Å²) in [6.45, 7) is 2.51. The highest BCUT2D eigenvalue weighted by molar-refractivity contribution is 9.10. The van der Waals surface area contributed by atoms with Gasteiger partial charge in [-0.2, -0.15) is 4.31 Å². The van der Waals surface area contributed by atoms with E-state index >= 15 is 0 Å². The maximum Gasteiger partial charge on any atom is 0.244 e. The molecular formula is C23H22BrCl2N3O3S2. The molecule has 0 radical (unpaired) electrons. The van der Waals surface area contributed by atoms with Gasteiger partial charge in [0.15, 0.2) is 5.13 Å². The molecule has 1 aromatic heterocycles. The predicted molar refractivity (Wildman–Crippen MR) is 140 cm³/mol. The van der Waals surface area contributed by atoms with Gasteiger partial charge in [-0.3, -0.25) is 4.79 Å². The number of benzene rings is 2. The van der Waals surface area contributed by atoms with Crippen molar-refractivity contribution >= 4 is 71.5 Å². The van der Waals surface area contributed by atoms with Gasteiger partial charge in [-0.25, -0.2) is 13.4 Å². The quantitative estimate of drug-likeness (QED) is 0.367. The van der Waals surface area contributed by atoms with E-state index in [1.54, 1.807) is 12.3 Å².